The van der Waals surface area contributed by atoms with Gasteiger partial charge >= 0.3 is 0 Å². The molecule has 0 spiro atoms. The van der Waals surface area contributed by atoms with Crippen LogP contribution in [0.5, 0.6) is 0 Å². The predicted octanol–water partition coefficient (Wildman–Crippen LogP) is 4.73. The number of rotatable bonds is 8. The molecule has 2 N–H and O–H groups in total. The first-order valence-electron chi connectivity index (χ1n) is 16.0. The SMILES string of the molecule is CC(C)Cc1nc2c(cnn2[C@@H]2CCN(C3(C)COC3)C[C@H]2C)c(-c2ccc3c(cnn3Cc3ccc(C#N)cn3)c2)c1C(N)=O. The van der Waals surface area contributed by atoms with E-state index in [1.165, 1.54) is 0 Å². The molecule has 11 heteroatoms. The molecule has 2 fully saturated rings. The third-order valence-corrected chi connectivity index (χ3v) is 9.63. The molecular formula is C35H39N9O2. The molecule has 2 saturated heterocycles. The number of hydrogen-bond donors (Lipinski definition) is 1. The van der Waals surface area contributed by atoms with E-state index in [9.17, 15) is 4.79 Å². The number of nitrogens with two attached hydrogens (primary N) is 1. The Morgan fingerprint density at radius 2 is 2.00 bits per heavy atom. The van der Waals surface area contributed by atoms with Crippen molar-refractivity contribution in [3.8, 4) is 17.2 Å². The number of nitrogens with zero attached hydrogens (tertiary/aromatic N) is 8. The van der Waals surface area contributed by atoms with Crippen LogP contribution in [0.25, 0.3) is 33.1 Å². The number of likely N-dealkylation sites (tertiary alicyclic amines) is 1. The second-order valence-corrected chi connectivity index (χ2v) is 13.6. The van der Waals surface area contributed by atoms with Crippen molar-refractivity contribution in [2.24, 2.45) is 17.6 Å². The van der Waals surface area contributed by atoms with E-state index in [4.69, 9.17) is 25.8 Å². The van der Waals surface area contributed by atoms with Gasteiger partial charge in [0.15, 0.2) is 5.65 Å². The molecule has 2 aliphatic heterocycles. The molecule has 7 rings (SSSR count). The topological polar surface area (TPSA) is 141 Å². The van der Waals surface area contributed by atoms with Gasteiger partial charge in [0.2, 0.25) is 0 Å². The first kappa shape index (κ1) is 30.0. The lowest BCUT2D eigenvalue weighted by Crippen LogP contribution is -2.63. The highest BCUT2D eigenvalue weighted by Gasteiger charge is 2.43. The number of benzene rings is 1. The molecule has 4 aromatic heterocycles. The monoisotopic (exact) mass is 617 g/mol. The van der Waals surface area contributed by atoms with Gasteiger partial charge < -0.3 is 10.5 Å². The third-order valence-electron chi connectivity index (χ3n) is 9.63. The van der Waals surface area contributed by atoms with Crippen LogP contribution in [0, 0.1) is 23.2 Å². The smallest absolute Gasteiger partial charge is 0.251 e. The fourth-order valence-electron chi connectivity index (χ4n) is 7.12. The molecule has 2 atom stereocenters. The molecule has 5 aromatic rings. The Balaban J connectivity index is 1.30. The van der Waals surface area contributed by atoms with Gasteiger partial charge in [0.25, 0.3) is 5.91 Å². The summed E-state index contributed by atoms with van der Waals surface area (Å²) < 4.78 is 9.53. The van der Waals surface area contributed by atoms with Crippen LogP contribution in [-0.2, 0) is 17.7 Å². The van der Waals surface area contributed by atoms with E-state index in [-0.39, 0.29) is 17.5 Å². The molecule has 1 amide bonds. The maximum absolute atomic E-state index is 13.2. The Bertz CT molecular complexity index is 1980. The molecule has 0 radical (unpaired) electrons. The first-order valence-corrected chi connectivity index (χ1v) is 16.0. The van der Waals surface area contributed by atoms with Crippen molar-refractivity contribution in [1.29, 1.82) is 5.26 Å². The van der Waals surface area contributed by atoms with Gasteiger partial charge in [-0.05, 0) is 61.4 Å². The second kappa shape index (κ2) is 11.6. The zero-order chi connectivity index (χ0) is 32.2. The molecule has 0 bridgehead atoms. The molecule has 46 heavy (non-hydrogen) atoms. The first-order chi connectivity index (χ1) is 22.1. The van der Waals surface area contributed by atoms with Gasteiger partial charge in [-0.2, -0.15) is 15.5 Å². The lowest BCUT2D eigenvalue weighted by Gasteiger charge is -2.51. The number of amides is 1. The summed E-state index contributed by atoms with van der Waals surface area (Å²) in [6.07, 6.45) is 6.83. The number of ether oxygens (including phenoxy) is 1. The predicted molar refractivity (Wildman–Crippen MR) is 175 cm³/mol. The second-order valence-electron chi connectivity index (χ2n) is 13.6. The Hall–Kier alpha value is -4.66. The van der Waals surface area contributed by atoms with Crippen molar-refractivity contribution >= 4 is 27.8 Å². The highest BCUT2D eigenvalue weighted by molar-refractivity contribution is 6.09. The summed E-state index contributed by atoms with van der Waals surface area (Å²) in [4.78, 5) is 25.3. The largest absolute Gasteiger partial charge is 0.377 e. The standard InChI is InChI=1S/C35H39N9O2/c1-21(2)11-28-32(33(37)45)31(24-6-8-30-25(12-24)15-39-43(30)18-26-7-5-23(13-36)14-38-26)27-16-40-44(34(27)41-28)29-9-10-42(17-22(29)3)35(4)19-46-20-35/h5-8,12,14-16,21-22,29H,9-11,17-20H2,1-4H3,(H2,37,45)/t22-,29-/m1/s1. The minimum Gasteiger partial charge on any atom is -0.377 e. The number of primary amides is 1. The number of piperidine rings is 1. The summed E-state index contributed by atoms with van der Waals surface area (Å²) in [6.45, 7) is 12.8. The summed E-state index contributed by atoms with van der Waals surface area (Å²) >= 11 is 0. The average Bonchev–Trinajstić information content (AvgIpc) is 3.62. The molecule has 0 saturated carbocycles. The van der Waals surface area contributed by atoms with Crippen LogP contribution in [0.2, 0.25) is 0 Å². The molecular weight excluding hydrogens is 578 g/mol. The van der Waals surface area contributed by atoms with E-state index >= 15 is 0 Å². The van der Waals surface area contributed by atoms with Crippen LogP contribution >= 0.6 is 0 Å². The van der Waals surface area contributed by atoms with Gasteiger partial charge in [-0.1, -0.05) is 26.8 Å². The van der Waals surface area contributed by atoms with E-state index in [0.29, 0.717) is 35.7 Å². The van der Waals surface area contributed by atoms with Crippen LogP contribution in [0.1, 0.15) is 67.5 Å². The summed E-state index contributed by atoms with van der Waals surface area (Å²) in [7, 11) is 0. The number of aromatic nitrogens is 6. The highest BCUT2D eigenvalue weighted by Crippen LogP contribution is 2.39. The molecule has 2 aliphatic rings. The molecule has 0 aliphatic carbocycles. The third kappa shape index (κ3) is 5.21. The van der Waals surface area contributed by atoms with Crippen molar-refractivity contribution in [3.05, 3.63) is 71.4 Å². The maximum atomic E-state index is 13.2. The summed E-state index contributed by atoms with van der Waals surface area (Å²) in [5.74, 6) is 0.140. The molecule has 0 unspecified atom stereocenters. The molecule has 236 valence electrons. The van der Waals surface area contributed by atoms with Gasteiger partial charge in [-0.25, -0.2) is 9.67 Å². The van der Waals surface area contributed by atoms with Gasteiger partial charge in [0.1, 0.15) is 6.07 Å². The van der Waals surface area contributed by atoms with Crippen molar-refractivity contribution in [3.63, 3.8) is 0 Å². The van der Waals surface area contributed by atoms with Crippen LogP contribution in [0.3, 0.4) is 0 Å². The van der Waals surface area contributed by atoms with Crippen LogP contribution < -0.4 is 5.73 Å². The fourth-order valence-corrected chi connectivity index (χ4v) is 7.12. The number of carbonyl (C=O) groups is 1. The number of carbonyl (C=O) groups excluding carboxylic acids is 1. The van der Waals surface area contributed by atoms with Crippen molar-refractivity contribution in [1.82, 2.24) is 34.4 Å². The van der Waals surface area contributed by atoms with Crippen LogP contribution in [0.15, 0.2) is 48.9 Å². The van der Waals surface area contributed by atoms with Crippen molar-refractivity contribution < 1.29 is 9.53 Å². The summed E-state index contributed by atoms with van der Waals surface area (Å²) in [6, 6.07) is 12.0. The number of fused-ring (bicyclic) bond motifs is 2. The van der Waals surface area contributed by atoms with E-state index in [1.54, 1.807) is 12.3 Å². The van der Waals surface area contributed by atoms with Gasteiger partial charge in [-0.15, -0.1) is 0 Å². The quantitative estimate of drug-likeness (QED) is 0.264. The van der Waals surface area contributed by atoms with Gasteiger partial charge in [0.05, 0.1) is 71.8 Å². The Kier molecular flexibility index (Phi) is 7.57. The van der Waals surface area contributed by atoms with E-state index < -0.39 is 5.91 Å². The highest BCUT2D eigenvalue weighted by atomic mass is 16.5. The Morgan fingerprint density at radius 1 is 1.17 bits per heavy atom. The summed E-state index contributed by atoms with van der Waals surface area (Å²) in [5, 5.41) is 20.4. The Labute approximate surface area is 268 Å². The van der Waals surface area contributed by atoms with Crippen LogP contribution in [0.4, 0.5) is 0 Å². The summed E-state index contributed by atoms with van der Waals surface area (Å²) in [5.41, 5.74) is 12.1. The van der Waals surface area contributed by atoms with Gasteiger partial charge in [-0.3, -0.25) is 19.4 Å². The molecule has 11 nitrogen and oxygen atoms in total. The van der Waals surface area contributed by atoms with Crippen molar-refractivity contribution in [2.45, 2.75) is 58.7 Å². The van der Waals surface area contributed by atoms with E-state index in [1.807, 2.05) is 35.3 Å². The number of pyridine rings is 2. The normalized spacial score (nSPS) is 19.8. The van der Waals surface area contributed by atoms with Crippen LogP contribution in [-0.4, -0.2) is 72.2 Å². The fraction of sp³-hybridized carbons (Fsp3) is 0.429. The zero-order valence-corrected chi connectivity index (χ0v) is 26.8. The number of hydrogen-bond acceptors (Lipinski definition) is 8. The van der Waals surface area contributed by atoms with Gasteiger partial charge in [0, 0.05) is 35.6 Å². The minimum atomic E-state index is -0.492. The molecule has 1 aromatic carbocycles. The average molecular weight is 618 g/mol. The van der Waals surface area contributed by atoms with E-state index in [0.717, 1.165) is 71.5 Å². The zero-order valence-electron chi connectivity index (χ0n) is 26.8. The Morgan fingerprint density at radius 3 is 2.65 bits per heavy atom. The molecule has 6 heterocycles. The lowest BCUT2D eigenvalue weighted by molar-refractivity contribution is -0.143. The number of nitriles is 1. The van der Waals surface area contributed by atoms with Crippen molar-refractivity contribution in [2.75, 3.05) is 26.3 Å². The van der Waals surface area contributed by atoms with E-state index in [2.05, 4.69) is 59.5 Å². The lowest BCUT2D eigenvalue weighted by atomic mass is 9.88. The minimum absolute atomic E-state index is 0.114. The maximum Gasteiger partial charge on any atom is 0.251 e.